The summed E-state index contributed by atoms with van der Waals surface area (Å²) in [4.78, 5) is 24.8. The third-order valence-electron chi connectivity index (χ3n) is 4.48. The number of carboxylic acid groups (broad SMARTS) is 1. The van der Waals surface area contributed by atoms with Gasteiger partial charge in [0.1, 0.15) is 16.5 Å². The molecule has 0 spiro atoms. The molecule has 1 aromatic heterocycles. The van der Waals surface area contributed by atoms with Crippen molar-refractivity contribution in [3.8, 4) is 11.1 Å². The van der Waals surface area contributed by atoms with E-state index in [1.165, 1.54) is 36.4 Å². The highest BCUT2D eigenvalue weighted by atomic mass is 32.1. The van der Waals surface area contributed by atoms with Crippen LogP contribution in [-0.4, -0.2) is 17.0 Å². The van der Waals surface area contributed by atoms with Crippen molar-refractivity contribution >= 4 is 28.9 Å². The van der Waals surface area contributed by atoms with Gasteiger partial charge < -0.3 is 10.4 Å². The van der Waals surface area contributed by atoms with Crippen LogP contribution >= 0.6 is 11.3 Å². The molecule has 0 fully saturated rings. The van der Waals surface area contributed by atoms with Crippen LogP contribution in [0.3, 0.4) is 0 Å². The molecule has 2 aromatic carbocycles. The SMILES string of the molecule is O=C1C[C@@H](c2cccc(F)c2)c2sc(C(=O)O)c(-c3ccc(F)cc3)c2N1. The highest BCUT2D eigenvalue weighted by Crippen LogP contribution is 2.49. The maximum absolute atomic E-state index is 13.7. The van der Waals surface area contributed by atoms with Gasteiger partial charge in [-0.05, 0) is 35.4 Å². The summed E-state index contributed by atoms with van der Waals surface area (Å²) < 4.78 is 27.0. The molecule has 0 unspecified atom stereocenters. The summed E-state index contributed by atoms with van der Waals surface area (Å²) in [7, 11) is 0. The molecule has 1 aliphatic heterocycles. The molecule has 0 saturated heterocycles. The van der Waals surface area contributed by atoms with Crippen LogP contribution < -0.4 is 5.32 Å². The molecule has 1 atom stereocenters. The number of carbonyl (C=O) groups excluding carboxylic acids is 1. The second kappa shape index (κ2) is 6.59. The van der Waals surface area contributed by atoms with Crippen LogP contribution in [0, 0.1) is 11.6 Å². The van der Waals surface area contributed by atoms with E-state index >= 15 is 0 Å². The molecule has 0 saturated carbocycles. The van der Waals surface area contributed by atoms with Crippen LogP contribution in [0.25, 0.3) is 11.1 Å². The summed E-state index contributed by atoms with van der Waals surface area (Å²) in [6.07, 6.45) is 0.0961. The molecule has 2 N–H and O–H groups in total. The van der Waals surface area contributed by atoms with Crippen molar-refractivity contribution < 1.29 is 23.5 Å². The average Bonchev–Trinajstić information content (AvgIpc) is 3.01. The van der Waals surface area contributed by atoms with Crippen LogP contribution in [0.4, 0.5) is 14.5 Å². The van der Waals surface area contributed by atoms with Crippen LogP contribution in [0.15, 0.2) is 48.5 Å². The molecule has 3 aromatic rings. The molecule has 0 radical (unpaired) electrons. The molecule has 4 rings (SSSR count). The standard InChI is InChI=1S/C20H13F2NO3S/c21-12-6-4-10(5-7-12)16-17-18(27-19(16)20(25)26)14(9-15(24)23-17)11-2-1-3-13(22)8-11/h1-8,14H,9H2,(H,23,24)(H,25,26)/t14-/m0/s1. The second-order valence-electron chi connectivity index (χ2n) is 6.22. The summed E-state index contributed by atoms with van der Waals surface area (Å²) in [5.74, 6) is -2.73. The number of carbonyl (C=O) groups is 2. The van der Waals surface area contributed by atoms with Crippen molar-refractivity contribution in [2.24, 2.45) is 0 Å². The zero-order valence-corrected chi connectivity index (χ0v) is 14.6. The van der Waals surface area contributed by atoms with Crippen LogP contribution in [0.1, 0.15) is 32.5 Å². The Hall–Kier alpha value is -3.06. The topological polar surface area (TPSA) is 66.4 Å². The Balaban J connectivity index is 1.94. The fraction of sp³-hybridized carbons (Fsp3) is 0.100. The van der Waals surface area contributed by atoms with Gasteiger partial charge in [0.15, 0.2) is 0 Å². The largest absolute Gasteiger partial charge is 0.477 e. The van der Waals surface area contributed by atoms with Gasteiger partial charge in [-0.15, -0.1) is 11.3 Å². The van der Waals surface area contributed by atoms with Gasteiger partial charge in [0.2, 0.25) is 5.91 Å². The Kier molecular flexibility index (Phi) is 4.24. The molecule has 7 heteroatoms. The molecular weight excluding hydrogens is 372 g/mol. The van der Waals surface area contributed by atoms with E-state index in [1.807, 2.05) is 0 Å². The average molecular weight is 385 g/mol. The number of anilines is 1. The van der Waals surface area contributed by atoms with Crippen molar-refractivity contribution in [2.75, 3.05) is 5.32 Å². The number of amides is 1. The van der Waals surface area contributed by atoms with Crippen molar-refractivity contribution in [1.82, 2.24) is 0 Å². The first-order valence-corrected chi connectivity index (χ1v) is 8.97. The van der Waals surface area contributed by atoms with Gasteiger partial charge in [-0.25, -0.2) is 13.6 Å². The van der Waals surface area contributed by atoms with Gasteiger partial charge in [0.05, 0.1) is 5.69 Å². The lowest BCUT2D eigenvalue weighted by Crippen LogP contribution is -2.22. The number of aromatic carboxylic acids is 1. The van der Waals surface area contributed by atoms with Gasteiger partial charge in [-0.2, -0.15) is 0 Å². The third-order valence-corrected chi connectivity index (χ3v) is 5.78. The Morgan fingerprint density at radius 2 is 1.85 bits per heavy atom. The van der Waals surface area contributed by atoms with Gasteiger partial charge in [-0.1, -0.05) is 24.3 Å². The Labute approximate surface area is 157 Å². The van der Waals surface area contributed by atoms with E-state index < -0.39 is 23.5 Å². The van der Waals surface area contributed by atoms with E-state index in [2.05, 4.69) is 5.32 Å². The molecule has 0 aliphatic carbocycles. The van der Waals surface area contributed by atoms with Crippen molar-refractivity contribution in [3.63, 3.8) is 0 Å². The molecule has 2 heterocycles. The zero-order valence-electron chi connectivity index (χ0n) is 13.8. The number of nitrogens with one attached hydrogen (secondary N) is 1. The summed E-state index contributed by atoms with van der Waals surface area (Å²) in [6.45, 7) is 0. The summed E-state index contributed by atoms with van der Waals surface area (Å²) >= 11 is 1.05. The summed E-state index contributed by atoms with van der Waals surface area (Å²) in [6, 6.07) is 11.4. The molecule has 27 heavy (non-hydrogen) atoms. The first-order valence-electron chi connectivity index (χ1n) is 8.15. The first-order chi connectivity index (χ1) is 12.9. The third kappa shape index (κ3) is 3.10. The van der Waals surface area contributed by atoms with Crippen molar-refractivity contribution in [1.29, 1.82) is 0 Å². The Morgan fingerprint density at radius 3 is 2.52 bits per heavy atom. The highest BCUT2D eigenvalue weighted by Gasteiger charge is 2.34. The lowest BCUT2D eigenvalue weighted by atomic mass is 9.88. The van der Waals surface area contributed by atoms with Crippen LogP contribution in [-0.2, 0) is 4.79 Å². The fourth-order valence-corrected chi connectivity index (χ4v) is 4.57. The number of fused-ring (bicyclic) bond motifs is 1. The summed E-state index contributed by atoms with van der Waals surface area (Å²) in [5, 5.41) is 12.4. The van der Waals surface area contributed by atoms with E-state index in [4.69, 9.17) is 0 Å². The van der Waals surface area contributed by atoms with Gasteiger partial charge in [-0.3, -0.25) is 4.79 Å². The molecule has 0 bridgehead atoms. The Morgan fingerprint density at radius 1 is 1.11 bits per heavy atom. The van der Waals surface area contributed by atoms with Crippen LogP contribution in [0.5, 0.6) is 0 Å². The highest BCUT2D eigenvalue weighted by molar-refractivity contribution is 7.15. The Bertz CT molecular complexity index is 1060. The summed E-state index contributed by atoms with van der Waals surface area (Å²) in [5.41, 5.74) is 1.84. The molecular formula is C20H13F2NO3S. The first kappa shape index (κ1) is 17.4. The molecule has 1 aliphatic rings. The maximum Gasteiger partial charge on any atom is 0.346 e. The second-order valence-corrected chi connectivity index (χ2v) is 7.27. The maximum atomic E-state index is 13.7. The number of rotatable bonds is 3. The van der Waals surface area contributed by atoms with Crippen molar-refractivity contribution in [3.05, 3.63) is 75.5 Å². The monoisotopic (exact) mass is 385 g/mol. The minimum Gasteiger partial charge on any atom is -0.477 e. The number of halogens is 2. The normalized spacial score (nSPS) is 15.9. The van der Waals surface area contributed by atoms with E-state index in [-0.39, 0.29) is 17.2 Å². The van der Waals surface area contributed by atoms with Gasteiger partial charge in [0, 0.05) is 22.8 Å². The van der Waals surface area contributed by atoms with E-state index in [1.54, 1.807) is 12.1 Å². The number of hydrogen-bond donors (Lipinski definition) is 2. The lowest BCUT2D eigenvalue weighted by Gasteiger charge is -2.24. The fourth-order valence-electron chi connectivity index (χ4n) is 3.32. The van der Waals surface area contributed by atoms with E-state index in [9.17, 15) is 23.5 Å². The van der Waals surface area contributed by atoms with Crippen LogP contribution in [0.2, 0.25) is 0 Å². The zero-order chi connectivity index (χ0) is 19.1. The number of benzene rings is 2. The minimum absolute atomic E-state index is 0.0511. The van der Waals surface area contributed by atoms with Gasteiger partial charge in [0.25, 0.3) is 0 Å². The molecule has 1 amide bonds. The lowest BCUT2D eigenvalue weighted by molar-refractivity contribution is -0.116. The predicted octanol–water partition coefficient (Wildman–Crippen LogP) is 4.87. The van der Waals surface area contributed by atoms with Crippen molar-refractivity contribution in [2.45, 2.75) is 12.3 Å². The van der Waals surface area contributed by atoms with E-state index in [0.29, 0.717) is 27.3 Å². The van der Waals surface area contributed by atoms with E-state index in [0.717, 1.165) is 11.3 Å². The molecule has 4 nitrogen and oxygen atoms in total. The smallest absolute Gasteiger partial charge is 0.346 e. The van der Waals surface area contributed by atoms with Gasteiger partial charge >= 0.3 is 5.97 Å². The number of hydrogen-bond acceptors (Lipinski definition) is 3. The quantitative estimate of drug-likeness (QED) is 0.676. The molecule has 136 valence electrons. The number of thiophene rings is 1. The predicted molar refractivity (Wildman–Crippen MR) is 98.2 cm³/mol. The number of carboxylic acids is 1. The minimum atomic E-state index is -1.14.